The number of nitrogens with one attached hydrogen (secondary N) is 1. The second kappa shape index (κ2) is 6.47. The molecule has 0 bridgehead atoms. The average molecular weight is 348 g/mol. The number of hydrogen-bond acceptors (Lipinski definition) is 4. The molecular formula is C16H17N2O5P. The molecule has 0 fully saturated rings. The summed E-state index contributed by atoms with van der Waals surface area (Å²) in [5.41, 5.74) is 4.77. The third kappa shape index (κ3) is 3.56. The van der Waals surface area contributed by atoms with Crippen molar-refractivity contribution in [2.75, 3.05) is 17.9 Å². The Morgan fingerprint density at radius 1 is 1.12 bits per heavy atom. The molecule has 1 aliphatic rings. The Bertz CT molecular complexity index is 833. The van der Waals surface area contributed by atoms with Gasteiger partial charge in [-0.1, -0.05) is 30.3 Å². The number of carbonyl (C=O) groups excluding carboxylic acids is 1. The predicted octanol–water partition coefficient (Wildman–Crippen LogP) is 1.70. The van der Waals surface area contributed by atoms with E-state index in [1.807, 2.05) is 30.3 Å². The summed E-state index contributed by atoms with van der Waals surface area (Å²) in [5.74, 6) is -0.695. The molecule has 0 heterocycles. The molecule has 126 valence electrons. The Morgan fingerprint density at radius 2 is 1.83 bits per heavy atom. The van der Waals surface area contributed by atoms with Crippen molar-refractivity contribution in [1.29, 1.82) is 0 Å². The fourth-order valence-corrected chi connectivity index (χ4v) is 3.19. The van der Waals surface area contributed by atoms with E-state index in [-0.39, 0.29) is 6.54 Å². The first-order valence-electron chi connectivity index (χ1n) is 7.33. The Labute approximate surface area is 138 Å². The summed E-state index contributed by atoms with van der Waals surface area (Å²) < 4.78 is 10.7. The zero-order chi connectivity index (χ0) is 17.3. The zero-order valence-corrected chi connectivity index (χ0v) is 13.6. The summed E-state index contributed by atoms with van der Waals surface area (Å²) in [4.78, 5) is 29.4. The van der Waals surface area contributed by atoms with Crippen LogP contribution < -0.4 is 10.4 Å². The van der Waals surface area contributed by atoms with E-state index in [0.717, 1.165) is 23.1 Å². The van der Waals surface area contributed by atoms with Crippen molar-refractivity contribution in [1.82, 2.24) is 5.32 Å². The molecule has 1 amide bonds. The maximum absolute atomic E-state index is 11.9. The molecule has 8 heteroatoms. The van der Waals surface area contributed by atoms with E-state index in [1.54, 1.807) is 12.1 Å². The van der Waals surface area contributed by atoms with E-state index in [9.17, 15) is 14.6 Å². The maximum Gasteiger partial charge on any atom is 0.339 e. The first-order chi connectivity index (χ1) is 11.3. The quantitative estimate of drug-likeness (QED) is 0.317. The molecule has 2 aromatic carbocycles. The molecule has 0 saturated carbocycles. The lowest BCUT2D eigenvalue weighted by Gasteiger charge is -2.16. The van der Waals surface area contributed by atoms with Gasteiger partial charge in [0.05, 0.1) is 18.5 Å². The zero-order valence-electron chi connectivity index (χ0n) is 12.7. The number of carbonyl (C=O) groups is 1. The lowest BCUT2D eigenvalue weighted by molar-refractivity contribution is -0.122. The van der Waals surface area contributed by atoms with Crippen molar-refractivity contribution in [2.24, 2.45) is 0 Å². The van der Waals surface area contributed by atoms with Crippen molar-refractivity contribution >= 4 is 19.2 Å². The van der Waals surface area contributed by atoms with E-state index in [0.29, 0.717) is 10.8 Å². The molecule has 2 aromatic rings. The number of hydrogen-bond donors (Lipinski definition) is 4. The number of amides is 1. The van der Waals surface area contributed by atoms with Gasteiger partial charge in [-0.25, -0.2) is 0 Å². The fraction of sp³-hybridized carbons (Fsp3) is 0.188. The number of hydroxylamine groups is 1. The van der Waals surface area contributed by atoms with Gasteiger partial charge in [-0.05, 0) is 40.8 Å². The second-order valence-corrected chi connectivity index (χ2v) is 7.28. The number of nitrogens with zero attached hydrogens (tertiary/aromatic N) is 1. The van der Waals surface area contributed by atoms with Gasteiger partial charge < -0.3 is 9.79 Å². The molecule has 0 aliphatic heterocycles. The monoisotopic (exact) mass is 348 g/mol. The van der Waals surface area contributed by atoms with Crippen LogP contribution in [0.15, 0.2) is 42.5 Å². The van der Waals surface area contributed by atoms with Gasteiger partial charge in [0, 0.05) is 0 Å². The second-order valence-electron chi connectivity index (χ2n) is 5.63. The minimum Gasteiger partial charge on any atom is -0.324 e. The van der Waals surface area contributed by atoms with Crippen LogP contribution in [0.25, 0.3) is 11.1 Å². The molecule has 3 rings (SSSR count). The van der Waals surface area contributed by atoms with Crippen LogP contribution in [0.4, 0.5) is 5.69 Å². The van der Waals surface area contributed by atoms with Crippen molar-refractivity contribution in [3.8, 4) is 11.1 Å². The van der Waals surface area contributed by atoms with Crippen LogP contribution in [-0.2, 0) is 15.8 Å². The number of anilines is 1. The molecule has 0 saturated heterocycles. The highest BCUT2D eigenvalue weighted by Crippen LogP contribution is 2.38. The largest absolute Gasteiger partial charge is 0.339 e. The Kier molecular flexibility index (Phi) is 4.54. The number of benzene rings is 2. The molecule has 0 aromatic heterocycles. The van der Waals surface area contributed by atoms with Crippen molar-refractivity contribution in [3.05, 3.63) is 53.6 Å². The van der Waals surface area contributed by atoms with Crippen LogP contribution in [0.5, 0.6) is 0 Å². The third-order valence-electron chi connectivity index (χ3n) is 3.85. The van der Waals surface area contributed by atoms with Gasteiger partial charge >= 0.3 is 7.60 Å². The van der Waals surface area contributed by atoms with E-state index in [2.05, 4.69) is 5.32 Å². The average Bonchev–Trinajstić information content (AvgIpc) is 2.90. The smallest absolute Gasteiger partial charge is 0.324 e. The van der Waals surface area contributed by atoms with Crippen LogP contribution in [-0.4, -0.2) is 33.7 Å². The standard InChI is InChI=1S/C16H17N2O5P/c19-16(9-17-10-24(21,22)23)18(20)13-5-6-15-12(8-13)7-11-3-1-2-4-14(11)15/h1-6,8,17,20H,7,9-10H2,(H2,21,22,23). The topological polar surface area (TPSA) is 110 Å². The van der Waals surface area contributed by atoms with E-state index in [1.165, 1.54) is 5.56 Å². The van der Waals surface area contributed by atoms with Gasteiger partial charge in [-0.2, -0.15) is 5.06 Å². The van der Waals surface area contributed by atoms with E-state index < -0.39 is 19.8 Å². The van der Waals surface area contributed by atoms with Gasteiger partial charge in [0.2, 0.25) is 0 Å². The highest BCUT2D eigenvalue weighted by Gasteiger charge is 2.21. The highest BCUT2D eigenvalue weighted by molar-refractivity contribution is 7.51. The van der Waals surface area contributed by atoms with Gasteiger partial charge in [0.15, 0.2) is 0 Å². The molecular weight excluding hydrogens is 331 g/mol. The van der Waals surface area contributed by atoms with Crippen molar-refractivity contribution < 1.29 is 24.4 Å². The Hall–Kier alpha value is -2.02. The van der Waals surface area contributed by atoms with Gasteiger partial charge in [-0.15, -0.1) is 0 Å². The fourth-order valence-electron chi connectivity index (χ4n) is 2.79. The number of rotatable bonds is 5. The SMILES string of the molecule is O=C(CNCP(=O)(O)O)N(O)c1ccc2c(c1)Cc1ccccc1-2. The first-order valence-corrected chi connectivity index (χ1v) is 9.13. The van der Waals surface area contributed by atoms with E-state index >= 15 is 0 Å². The van der Waals surface area contributed by atoms with Crippen LogP contribution in [0.1, 0.15) is 11.1 Å². The van der Waals surface area contributed by atoms with Crippen LogP contribution in [0.3, 0.4) is 0 Å². The molecule has 24 heavy (non-hydrogen) atoms. The highest BCUT2D eigenvalue weighted by atomic mass is 31.2. The predicted molar refractivity (Wildman–Crippen MR) is 88.9 cm³/mol. The van der Waals surface area contributed by atoms with Gasteiger partial charge in [-0.3, -0.25) is 19.9 Å². The summed E-state index contributed by atoms with van der Waals surface area (Å²) in [5, 5.41) is 12.8. The van der Waals surface area contributed by atoms with Crippen molar-refractivity contribution in [2.45, 2.75) is 6.42 Å². The van der Waals surface area contributed by atoms with E-state index in [4.69, 9.17) is 9.79 Å². The Balaban J connectivity index is 1.71. The summed E-state index contributed by atoms with van der Waals surface area (Å²) >= 11 is 0. The molecule has 7 nitrogen and oxygen atoms in total. The summed E-state index contributed by atoms with van der Waals surface area (Å²) in [6.45, 7) is -0.376. The first kappa shape index (κ1) is 16.8. The minimum atomic E-state index is -4.23. The maximum atomic E-state index is 11.9. The molecule has 0 spiro atoms. The third-order valence-corrected chi connectivity index (χ3v) is 4.49. The van der Waals surface area contributed by atoms with Crippen molar-refractivity contribution in [3.63, 3.8) is 0 Å². The lowest BCUT2D eigenvalue weighted by Crippen LogP contribution is -2.36. The van der Waals surface area contributed by atoms with Gasteiger partial charge in [0.25, 0.3) is 5.91 Å². The van der Waals surface area contributed by atoms with Crippen LogP contribution in [0.2, 0.25) is 0 Å². The summed E-state index contributed by atoms with van der Waals surface area (Å²) in [6.07, 6.45) is 0.115. The Morgan fingerprint density at radius 3 is 2.58 bits per heavy atom. The summed E-state index contributed by atoms with van der Waals surface area (Å²) in [7, 11) is -4.23. The molecule has 4 N–H and O–H groups in total. The lowest BCUT2D eigenvalue weighted by atomic mass is 10.1. The van der Waals surface area contributed by atoms with Crippen LogP contribution in [0, 0.1) is 0 Å². The summed E-state index contributed by atoms with van der Waals surface area (Å²) in [6, 6.07) is 13.3. The minimum absolute atomic E-state index is 0.324. The molecule has 0 unspecified atom stereocenters. The van der Waals surface area contributed by atoms with Crippen LogP contribution >= 0.6 is 7.60 Å². The number of fused-ring (bicyclic) bond motifs is 3. The normalized spacial score (nSPS) is 12.6. The molecule has 0 radical (unpaired) electrons. The molecule has 0 atom stereocenters. The van der Waals surface area contributed by atoms with Gasteiger partial charge in [0.1, 0.15) is 0 Å². The molecule has 1 aliphatic carbocycles.